The van der Waals surface area contributed by atoms with E-state index >= 15 is 0 Å². The van der Waals surface area contributed by atoms with Crippen molar-refractivity contribution in [1.29, 1.82) is 0 Å². The molecule has 0 saturated heterocycles. The molecule has 0 aliphatic carbocycles. The highest BCUT2D eigenvalue weighted by molar-refractivity contribution is 5.70. The quantitative estimate of drug-likeness (QED) is 0.0351. The summed E-state index contributed by atoms with van der Waals surface area (Å²) >= 11 is 0. The highest BCUT2D eigenvalue weighted by Gasteiger charge is 2.17. The smallest absolute Gasteiger partial charge is 0.306 e. The number of hydrogen-bond donors (Lipinski definition) is 0. The molecule has 0 aromatic carbocycles. The monoisotopic (exact) mass is 763 g/mol. The summed E-state index contributed by atoms with van der Waals surface area (Å²) in [6, 6.07) is 0. The molecule has 1 atom stereocenters. The molecule has 0 heterocycles. The lowest BCUT2D eigenvalue weighted by Gasteiger charge is -2.18. The third-order valence-corrected chi connectivity index (χ3v) is 10.8. The Morgan fingerprint density at radius 2 is 0.722 bits per heavy atom. The van der Waals surface area contributed by atoms with Crippen LogP contribution in [0.1, 0.15) is 265 Å². The van der Waals surface area contributed by atoms with Gasteiger partial charge in [-0.1, -0.05) is 219 Å². The largest absolute Gasteiger partial charge is 0.462 e. The topological polar surface area (TPSA) is 61.8 Å². The molecule has 0 N–H and O–H groups in total. The van der Waals surface area contributed by atoms with Gasteiger partial charge in [-0.25, -0.2) is 0 Å². The Balaban J connectivity index is 4.07. The van der Waals surface area contributed by atoms with Crippen molar-refractivity contribution in [2.75, 3.05) is 19.8 Å². The van der Waals surface area contributed by atoms with Crippen LogP contribution in [0.4, 0.5) is 0 Å². The lowest BCUT2D eigenvalue weighted by Crippen LogP contribution is -2.30. The summed E-state index contributed by atoms with van der Waals surface area (Å²) in [6.45, 7) is 7.84. The normalized spacial score (nSPS) is 12.1. The Hall–Kier alpha value is -1.36. The van der Waals surface area contributed by atoms with Crippen LogP contribution in [0.25, 0.3) is 0 Å². The Kier molecular flexibility index (Phi) is 44.9. The fourth-order valence-electron chi connectivity index (χ4n) is 7.15. The predicted octanol–water partition coefficient (Wildman–Crippen LogP) is 15.9. The lowest BCUT2D eigenvalue weighted by atomic mass is 10.1. The number of esters is 2. The Labute approximate surface area is 337 Å². The van der Waals surface area contributed by atoms with Gasteiger partial charge in [-0.05, 0) is 44.9 Å². The van der Waals surface area contributed by atoms with Crippen LogP contribution < -0.4 is 0 Å². The maximum atomic E-state index is 12.7. The molecule has 1 unspecified atom stereocenters. The second kappa shape index (κ2) is 46.0. The van der Waals surface area contributed by atoms with Gasteiger partial charge in [0.15, 0.2) is 6.10 Å². The molecule has 0 saturated carbocycles. The van der Waals surface area contributed by atoms with E-state index in [2.05, 4.69) is 32.9 Å². The van der Waals surface area contributed by atoms with E-state index in [1.165, 1.54) is 199 Å². The van der Waals surface area contributed by atoms with Crippen molar-refractivity contribution in [2.24, 2.45) is 0 Å². The van der Waals surface area contributed by atoms with E-state index in [0.717, 1.165) is 32.1 Å². The van der Waals surface area contributed by atoms with Crippen LogP contribution in [0, 0.1) is 0 Å². The van der Waals surface area contributed by atoms with Crippen LogP contribution in [-0.4, -0.2) is 37.9 Å². The van der Waals surface area contributed by atoms with Gasteiger partial charge < -0.3 is 14.2 Å². The summed E-state index contributed by atoms with van der Waals surface area (Å²) in [6.07, 6.45) is 50.7. The van der Waals surface area contributed by atoms with E-state index in [9.17, 15) is 9.59 Å². The van der Waals surface area contributed by atoms with Crippen molar-refractivity contribution in [3.63, 3.8) is 0 Å². The van der Waals surface area contributed by atoms with Crippen molar-refractivity contribution in [1.82, 2.24) is 0 Å². The van der Waals surface area contributed by atoms with Gasteiger partial charge in [0.25, 0.3) is 0 Å². The van der Waals surface area contributed by atoms with E-state index in [-0.39, 0.29) is 18.5 Å². The summed E-state index contributed by atoms with van der Waals surface area (Å²) in [5, 5.41) is 0. The molecule has 320 valence electrons. The van der Waals surface area contributed by atoms with Gasteiger partial charge in [-0.3, -0.25) is 9.59 Å². The molecule has 0 aromatic rings. The summed E-state index contributed by atoms with van der Waals surface area (Å²) in [7, 11) is 0. The maximum Gasteiger partial charge on any atom is 0.306 e. The SMILES string of the molecule is CCCCCCCC/C=C\CCCCCCCCCCCC(=O)OCC(COCCCCCCCCCC)OC(=O)CCCCCCCCCCCCC. The Morgan fingerprint density at radius 3 is 1.13 bits per heavy atom. The molecule has 0 aliphatic rings. The van der Waals surface area contributed by atoms with Gasteiger partial charge in [0, 0.05) is 19.4 Å². The number of unbranched alkanes of at least 4 members (excludes halogenated alkanes) is 32. The van der Waals surface area contributed by atoms with E-state index < -0.39 is 6.10 Å². The van der Waals surface area contributed by atoms with Gasteiger partial charge in [-0.2, -0.15) is 0 Å². The van der Waals surface area contributed by atoms with Gasteiger partial charge in [0.05, 0.1) is 6.61 Å². The third-order valence-electron chi connectivity index (χ3n) is 10.8. The molecule has 0 aliphatic heterocycles. The number of carbonyl (C=O) groups is 2. The minimum absolute atomic E-state index is 0.0924. The van der Waals surface area contributed by atoms with E-state index in [4.69, 9.17) is 14.2 Å². The standard InChI is InChI=1S/C49H94O5/c1-4-7-10-13-16-19-21-22-23-24-25-26-27-28-30-31-33-36-39-42-48(50)53-46-47(45-52-44-41-38-35-18-15-12-9-6-3)54-49(51)43-40-37-34-32-29-20-17-14-11-8-5-2/h22-23,47H,4-21,24-46H2,1-3H3/b23-22-. The first kappa shape index (κ1) is 52.6. The number of rotatable bonds is 45. The van der Waals surface area contributed by atoms with Crippen LogP contribution in [0.15, 0.2) is 12.2 Å². The second-order valence-electron chi connectivity index (χ2n) is 16.4. The van der Waals surface area contributed by atoms with Crippen molar-refractivity contribution in [2.45, 2.75) is 271 Å². The second-order valence-corrected chi connectivity index (χ2v) is 16.4. The molecule has 0 spiro atoms. The summed E-state index contributed by atoms with van der Waals surface area (Å²) in [5.74, 6) is -0.385. The van der Waals surface area contributed by atoms with Crippen LogP contribution in [-0.2, 0) is 23.8 Å². The highest BCUT2D eigenvalue weighted by atomic mass is 16.6. The minimum atomic E-state index is -0.524. The van der Waals surface area contributed by atoms with Gasteiger partial charge >= 0.3 is 11.9 Å². The maximum absolute atomic E-state index is 12.7. The summed E-state index contributed by atoms with van der Waals surface area (Å²) < 4.78 is 17.3. The molecular formula is C49H94O5. The molecule has 0 bridgehead atoms. The molecular weight excluding hydrogens is 669 g/mol. The van der Waals surface area contributed by atoms with Crippen LogP contribution >= 0.6 is 0 Å². The zero-order valence-electron chi connectivity index (χ0n) is 36.8. The average Bonchev–Trinajstić information content (AvgIpc) is 3.17. The molecule has 0 amide bonds. The summed E-state index contributed by atoms with van der Waals surface area (Å²) in [5.41, 5.74) is 0. The minimum Gasteiger partial charge on any atom is -0.462 e. The Bertz CT molecular complexity index is 780. The van der Waals surface area contributed by atoms with Gasteiger partial charge in [-0.15, -0.1) is 0 Å². The zero-order valence-corrected chi connectivity index (χ0v) is 36.8. The van der Waals surface area contributed by atoms with Crippen LogP contribution in [0.3, 0.4) is 0 Å². The first-order valence-electron chi connectivity index (χ1n) is 24.2. The zero-order chi connectivity index (χ0) is 39.3. The fraction of sp³-hybridized carbons (Fsp3) is 0.918. The number of hydrogen-bond acceptors (Lipinski definition) is 5. The van der Waals surface area contributed by atoms with Gasteiger partial charge in [0.2, 0.25) is 0 Å². The number of ether oxygens (including phenoxy) is 3. The molecule has 54 heavy (non-hydrogen) atoms. The van der Waals surface area contributed by atoms with Crippen LogP contribution in [0.5, 0.6) is 0 Å². The van der Waals surface area contributed by atoms with Crippen molar-refractivity contribution < 1.29 is 23.8 Å². The summed E-state index contributed by atoms with van der Waals surface area (Å²) in [4.78, 5) is 25.2. The van der Waals surface area contributed by atoms with Gasteiger partial charge in [0.1, 0.15) is 6.61 Å². The molecule has 0 radical (unpaired) electrons. The van der Waals surface area contributed by atoms with Crippen LogP contribution in [0.2, 0.25) is 0 Å². The molecule has 0 rings (SSSR count). The lowest BCUT2D eigenvalue weighted by molar-refractivity contribution is -0.163. The van der Waals surface area contributed by atoms with Crippen molar-refractivity contribution >= 4 is 11.9 Å². The highest BCUT2D eigenvalue weighted by Crippen LogP contribution is 2.15. The van der Waals surface area contributed by atoms with E-state index in [0.29, 0.717) is 26.1 Å². The molecule has 5 heteroatoms. The molecule has 5 nitrogen and oxygen atoms in total. The predicted molar refractivity (Wildman–Crippen MR) is 233 cm³/mol. The number of carbonyl (C=O) groups excluding carboxylic acids is 2. The Morgan fingerprint density at radius 1 is 0.389 bits per heavy atom. The first-order chi connectivity index (χ1) is 26.6. The molecule has 0 fully saturated rings. The van der Waals surface area contributed by atoms with Crippen molar-refractivity contribution in [3.05, 3.63) is 12.2 Å². The average molecular weight is 763 g/mol. The van der Waals surface area contributed by atoms with E-state index in [1.807, 2.05) is 0 Å². The first-order valence-corrected chi connectivity index (χ1v) is 24.2. The van der Waals surface area contributed by atoms with Crippen molar-refractivity contribution in [3.8, 4) is 0 Å². The van der Waals surface area contributed by atoms with E-state index in [1.54, 1.807) is 0 Å². The third kappa shape index (κ3) is 43.4. The fourth-order valence-corrected chi connectivity index (χ4v) is 7.15. The number of allylic oxidation sites excluding steroid dienone is 2. The molecule has 0 aromatic heterocycles.